The maximum absolute atomic E-state index is 12.1. The SMILES string of the molecule is CN(C(=O)c1csc(N)n1)c1ccc(C(=O)O)cc1. The molecule has 0 spiro atoms. The molecule has 0 unspecified atom stereocenters. The first kappa shape index (κ1) is 13.0. The Morgan fingerprint density at radius 2 is 1.95 bits per heavy atom. The monoisotopic (exact) mass is 277 g/mol. The van der Waals surface area contributed by atoms with E-state index in [0.717, 1.165) is 0 Å². The number of nitrogen functional groups attached to an aromatic ring is 1. The molecule has 0 fully saturated rings. The highest BCUT2D eigenvalue weighted by Crippen LogP contribution is 2.18. The molecule has 2 aromatic rings. The van der Waals surface area contributed by atoms with Gasteiger partial charge in [-0.2, -0.15) is 0 Å². The number of nitrogens with zero attached hydrogens (tertiary/aromatic N) is 2. The third kappa shape index (κ3) is 2.71. The van der Waals surface area contributed by atoms with Gasteiger partial charge in [-0.25, -0.2) is 9.78 Å². The summed E-state index contributed by atoms with van der Waals surface area (Å²) in [5.41, 5.74) is 6.50. The minimum Gasteiger partial charge on any atom is -0.478 e. The zero-order valence-electron chi connectivity index (χ0n) is 10.0. The zero-order chi connectivity index (χ0) is 14.0. The van der Waals surface area contributed by atoms with E-state index in [4.69, 9.17) is 10.8 Å². The highest BCUT2D eigenvalue weighted by Gasteiger charge is 2.16. The number of rotatable bonds is 3. The molecule has 2 rings (SSSR count). The highest BCUT2D eigenvalue weighted by atomic mass is 32.1. The van der Waals surface area contributed by atoms with Crippen molar-refractivity contribution in [2.45, 2.75) is 0 Å². The van der Waals surface area contributed by atoms with Crippen molar-refractivity contribution in [3.8, 4) is 0 Å². The number of anilines is 2. The van der Waals surface area contributed by atoms with Crippen LogP contribution in [0.15, 0.2) is 29.6 Å². The molecule has 0 saturated heterocycles. The molecule has 0 saturated carbocycles. The molecule has 7 heteroatoms. The van der Waals surface area contributed by atoms with Gasteiger partial charge in [0.15, 0.2) is 5.13 Å². The summed E-state index contributed by atoms with van der Waals surface area (Å²) in [5, 5.41) is 10.7. The van der Waals surface area contributed by atoms with Gasteiger partial charge in [-0.05, 0) is 24.3 Å². The number of carbonyl (C=O) groups is 2. The third-order valence-electron chi connectivity index (χ3n) is 2.55. The molecular weight excluding hydrogens is 266 g/mol. The standard InChI is InChI=1S/C12H11N3O3S/c1-15(10(16)9-6-19-12(13)14-9)8-4-2-7(3-5-8)11(17)18/h2-6H,1H3,(H2,13,14)(H,17,18). The summed E-state index contributed by atoms with van der Waals surface area (Å²) < 4.78 is 0. The molecule has 1 amide bonds. The summed E-state index contributed by atoms with van der Waals surface area (Å²) in [7, 11) is 1.59. The van der Waals surface area contributed by atoms with Gasteiger partial charge >= 0.3 is 5.97 Å². The van der Waals surface area contributed by atoms with Gasteiger partial charge in [0.1, 0.15) is 5.69 Å². The van der Waals surface area contributed by atoms with Crippen LogP contribution in [0.5, 0.6) is 0 Å². The van der Waals surface area contributed by atoms with Crippen molar-refractivity contribution in [2.75, 3.05) is 17.7 Å². The minimum atomic E-state index is -1.01. The normalized spacial score (nSPS) is 10.2. The molecule has 0 bridgehead atoms. The van der Waals surface area contributed by atoms with E-state index < -0.39 is 5.97 Å². The average molecular weight is 277 g/mol. The van der Waals surface area contributed by atoms with Gasteiger partial charge in [0.05, 0.1) is 5.56 Å². The summed E-state index contributed by atoms with van der Waals surface area (Å²) in [6.45, 7) is 0. The predicted octanol–water partition coefficient (Wildman–Crippen LogP) is 1.70. The van der Waals surface area contributed by atoms with Gasteiger partial charge in [0, 0.05) is 18.1 Å². The third-order valence-corrected chi connectivity index (χ3v) is 3.22. The second kappa shape index (κ2) is 5.07. The van der Waals surface area contributed by atoms with Gasteiger partial charge in [-0.1, -0.05) is 0 Å². The van der Waals surface area contributed by atoms with E-state index >= 15 is 0 Å². The average Bonchev–Trinajstić information content (AvgIpc) is 2.84. The Morgan fingerprint density at radius 1 is 1.32 bits per heavy atom. The second-order valence-corrected chi connectivity index (χ2v) is 4.68. The van der Waals surface area contributed by atoms with Crippen LogP contribution < -0.4 is 10.6 Å². The number of thiazole rings is 1. The Kier molecular flexibility index (Phi) is 3.48. The van der Waals surface area contributed by atoms with E-state index in [0.29, 0.717) is 10.8 Å². The molecule has 1 aromatic heterocycles. The van der Waals surface area contributed by atoms with E-state index in [1.807, 2.05) is 0 Å². The maximum atomic E-state index is 12.1. The van der Waals surface area contributed by atoms with Crippen LogP contribution in [0.4, 0.5) is 10.8 Å². The number of benzene rings is 1. The first-order valence-corrected chi connectivity index (χ1v) is 6.19. The van der Waals surface area contributed by atoms with Gasteiger partial charge in [0.2, 0.25) is 0 Å². The Balaban J connectivity index is 2.21. The summed E-state index contributed by atoms with van der Waals surface area (Å²) in [4.78, 5) is 28.1. The van der Waals surface area contributed by atoms with Crippen LogP contribution in [0, 0.1) is 0 Å². The lowest BCUT2D eigenvalue weighted by Crippen LogP contribution is -2.26. The minimum absolute atomic E-state index is 0.169. The number of aromatic nitrogens is 1. The molecule has 0 radical (unpaired) electrons. The van der Waals surface area contributed by atoms with Crippen LogP contribution in [0.1, 0.15) is 20.8 Å². The Bertz CT molecular complexity index is 621. The molecule has 6 nitrogen and oxygen atoms in total. The highest BCUT2D eigenvalue weighted by molar-refractivity contribution is 7.13. The molecule has 3 N–H and O–H groups in total. The smallest absolute Gasteiger partial charge is 0.335 e. The number of nitrogens with two attached hydrogens (primary N) is 1. The van der Waals surface area contributed by atoms with Crippen molar-refractivity contribution in [1.82, 2.24) is 4.98 Å². The van der Waals surface area contributed by atoms with Crippen LogP contribution >= 0.6 is 11.3 Å². The number of aromatic carboxylic acids is 1. The largest absolute Gasteiger partial charge is 0.478 e. The quantitative estimate of drug-likeness (QED) is 0.890. The van der Waals surface area contributed by atoms with Crippen LogP contribution in [0.2, 0.25) is 0 Å². The van der Waals surface area contributed by atoms with Crippen molar-refractivity contribution in [3.63, 3.8) is 0 Å². The first-order chi connectivity index (χ1) is 8.99. The van der Waals surface area contributed by atoms with Gasteiger partial charge < -0.3 is 15.7 Å². The number of hydrogen-bond acceptors (Lipinski definition) is 5. The fourth-order valence-corrected chi connectivity index (χ4v) is 2.04. The van der Waals surface area contributed by atoms with Gasteiger partial charge in [-0.15, -0.1) is 11.3 Å². The number of carbonyl (C=O) groups excluding carboxylic acids is 1. The molecule has 1 aromatic carbocycles. The van der Waals surface area contributed by atoms with Crippen molar-refractivity contribution in [2.24, 2.45) is 0 Å². The summed E-state index contributed by atoms with van der Waals surface area (Å²) in [6.07, 6.45) is 0. The molecule has 0 aliphatic rings. The lowest BCUT2D eigenvalue weighted by Gasteiger charge is -2.16. The van der Waals surface area contributed by atoms with E-state index in [9.17, 15) is 9.59 Å². The molecular formula is C12H11N3O3S. The summed E-state index contributed by atoms with van der Waals surface area (Å²) in [6, 6.07) is 6.02. The molecule has 19 heavy (non-hydrogen) atoms. The van der Waals surface area contributed by atoms with Crippen LogP contribution in [0.3, 0.4) is 0 Å². The van der Waals surface area contributed by atoms with Crippen LogP contribution in [0.25, 0.3) is 0 Å². The topological polar surface area (TPSA) is 96.5 Å². The van der Waals surface area contributed by atoms with E-state index in [1.165, 1.54) is 28.4 Å². The van der Waals surface area contributed by atoms with Crippen molar-refractivity contribution in [1.29, 1.82) is 0 Å². The van der Waals surface area contributed by atoms with Gasteiger partial charge in [-0.3, -0.25) is 4.79 Å². The lowest BCUT2D eigenvalue weighted by atomic mass is 10.2. The Morgan fingerprint density at radius 3 is 2.42 bits per heavy atom. The number of hydrogen-bond donors (Lipinski definition) is 2. The maximum Gasteiger partial charge on any atom is 0.335 e. The molecule has 0 atom stereocenters. The van der Waals surface area contributed by atoms with E-state index in [2.05, 4.69) is 4.98 Å². The summed E-state index contributed by atoms with van der Waals surface area (Å²) in [5.74, 6) is -1.30. The lowest BCUT2D eigenvalue weighted by molar-refractivity contribution is 0.0696. The fraction of sp³-hybridized carbons (Fsp3) is 0.0833. The molecule has 0 aliphatic carbocycles. The predicted molar refractivity (Wildman–Crippen MR) is 72.7 cm³/mol. The first-order valence-electron chi connectivity index (χ1n) is 5.31. The van der Waals surface area contributed by atoms with Crippen LogP contribution in [-0.2, 0) is 0 Å². The van der Waals surface area contributed by atoms with Gasteiger partial charge in [0.25, 0.3) is 5.91 Å². The second-order valence-electron chi connectivity index (χ2n) is 3.79. The molecule has 98 valence electrons. The zero-order valence-corrected chi connectivity index (χ0v) is 10.8. The van der Waals surface area contributed by atoms with Crippen molar-refractivity contribution >= 4 is 34.0 Å². The number of carboxylic acids is 1. The van der Waals surface area contributed by atoms with E-state index in [-0.39, 0.29) is 17.2 Å². The van der Waals surface area contributed by atoms with Crippen LogP contribution in [-0.4, -0.2) is 29.0 Å². The van der Waals surface area contributed by atoms with E-state index in [1.54, 1.807) is 24.6 Å². The Labute approximate surface area is 113 Å². The Hall–Kier alpha value is -2.41. The molecule has 1 heterocycles. The summed E-state index contributed by atoms with van der Waals surface area (Å²) >= 11 is 1.19. The number of amides is 1. The molecule has 0 aliphatic heterocycles. The van der Waals surface area contributed by atoms with Crippen molar-refractivity contribution in [3.05, 3.63) is 40.9 Å². The number of carboxylic acid groups (broad SMARTS) is 1. The fourth-order valence-electron chi connectivity index (χ4n) is 1.50. The van der Waals surface area contributed by atoms with Crippen molar-refractivity contribution < 1.29 is 14.7 Å².